The minimum Gasteiger partial charge on any atom is -0.425 e. The lowest BCUT2D eigenvalue weighted by atomic mass is 9.48. The number of hydrogen-bond donors (Lipinski definition) is 0. The molecule has 6 heteroatoms. The van der Waals surface area contributed by atoms with E-state index in [1.54, 1.807) is 54.6 Å². The van der Waals surface area contributed by atoms with Crippen LogP contribution in [0.3, 0.4) is 0 Å². The molecule has 0 saturated heterocycles. The largest absolute Gasteiger partial charge is 0.425 e. The van der Waals surface area contributed by atoms with Gasteiger partial charge in [-0.05, 0) is 80.5 Å². The minimum absolute atomic E-state index is 0.222. The maximum atomic E-state index is 13.5. The van der Waals surface area contributed by atoms with Crippen molar-refractivity contribution in [3.05, 3.63) is 60.7 Å². The molecule has 6 rings (SSSR count). The number of rotatable bonds is 6. The van der Waals surface area contributed by atoms with E-state index in [9.17, 15) is 13.2 Å². The molecule has 4 saturated carbocycles. The fourth-order valence-electron chi connectivity index (χ4n) is 6.49. The van der Waals surface area contributed by atoms with E-state index in [4.69, 9.17) is 8.92 Å². The van der Waals surface area contributed by atoms with Crippen LogP contribution in [0.1, 0.15) is 38.5 Å². The highest BCUT2D eigenvalue weighted by atomic mass is 32.2. The second-order valence-corrected chi connectivity index (χ2v) is 10.9. The van der Waals surface area contributed by atoms with E-state index in [1.165, 1.54) is 0 Å². The summed E-state index contributed by atoms with van der Waals surface area (Å²) < 4.78 is 38.1. The molecular formula is C24H26O5S. The Morgan fingerprint density at radius 1 is 0.800 bits per heavy atom. The van der Waals surface area contributed by atoms with Crippen molar-refractivity contribution >= 4 is 16.1 Å². The van der Waals surface area contributed by atoms with Gasteiger partial charge in [0, 0.05) is 5.41 Å². The molecule has 4 aliphatic carbocycles. The Labute approximate surface area is 177 Å². The topological polar surface area (TPSA) is 69.7 Å². The van der Waals surface area contributed by atoms with Gasteiger partial charge in [-0.25, -0.2) is 0 Å². The van der Waals surface area contributed by atoms with Gasteiger partial charge in [0.25, 0.3) is 0 Å². The molecule has 0 heterocycles. The molecule has 0 N–H and O–H groups in total. The molecule has 0 amide bonds. The smallest absolute Gasteiger partial charge is 0.333 e. The third-order valence-electron chi connectivity index (χ3n) is 7.06. The molecule has 2 aromatic carbocycles. The molecule has 0 spiro atoms. The van der Waals surface area contributed by atoms with Gasteiger partial charge in [0.05, 0.1) is 0 Å². The van der Waals surface area contributed by atoms with Crippen molar-refractivity contribution < 1.29 is 22.1 Å². The van der Waals surface area contributed by atoms with Crippen LogP contribution in [0, 0.1) is 23.2 Å². The van der Waals surface area contributed by atoms with Gasteiger partial charge in [0.1, 0.15) is 11.5 Å². The Morgan fingerprint density at radius 2 is 1.27 bits per heavy atom. The van der Waals surface area contributed by atoms with Crippen LogP contribution in [-0.4, -0.2) is 19.6 Å². The van der Waals surface area contributed by atoms with Crippen LogP contribution < -0.4 is 8.92 Å². The van der Waals surface area contributed by atoms with E-state index in [0.717, 1.165) is 38.5 Å². The molecule has 5 nitrogen and oxygen atoms in total. The molecule has 0 aliphatic heterocycles. The summed E-state index contributed by atoms with van der Waals surface area (Å²) in [6.45, 7) is 0. The van der Waals surface area contributed by atoms with Crippen LogP contribution in [0.15, 0.2) is 60.7 Å². The van der Waals surface area contributed by atoms with Gasteiger partial charge in [0.2, 0.25) is 0 Å². The van der Waals surface area contributed by atoms with Crippen molar-refractivity contribution in [1.82, 2.24) is 0 Å². The lowest BCUT2D eigenvalue weighted by molar-refractivity contribution is -0.142. The lowest BCUT2D eigenvalue weighted by Crippen LogP contribution is -2.58. The molecule has 4 bridgehead atoms. The Balaban J connectivity index is 1.51. The summed E-state index contributed by atoms with van der Waals surface area (Å²) in [5, 5.41) is -1.32. The highest BCUT2D eigenvalue weighted by Crippen LogP contribution is 2.62. The number of ether oxygens (including phenoxy) is 1. The summed E-state index contributed by atoms with van der Waals surface area (Å²) in [6.07, 6.45) is 5.72. The number of para-hydroxylation sites is 2. The third kappa shape index (κ3) is 3.62. The zero-order valence-corrected chi connectivity index (χ0v) is 17.6. The molecule has 1 unspecified atom stereocenters. The fraction of sp³-hybridized carbons (Fsp3) is 0.458. The number of esters is 1. The first-order valence-electron chi connectivity index (χ1n) is 10.7. The number of hydrogen-bond acceptors (Lipinski definition) is 5. The summed E-state index contributed by atoms with van der Waals surface area (Å²) in [5.74, 6) is 1.34. The molecule has 30 heavy (non-hydrogen) atoms. The first-order chi connectivity index (χ1) is 14.4. The van der Waals surface area contributed by atoms with Crippen molar-refractivity contribution in [3.8, 4) is 11.5 Å². The van der Waals surface area contributed by atoms with Gasteiger partial charge in [-0.2, -0.15) is 8.42 Å². The quantitative estimate of drug-likeness (QED) is 0.384. The number of carbonyl (C=O) groups is 1. The van der Waals surface area contributed by atoms with Crippen LogP contribution in [0.5, 0.6) is 11.5 Å². The van der Waals surface area contributed by atoms with Crippen LogP contribution >= 0.6 is 0 Å². The van der Waals surface area contributed by atoms with Gasteiger partial charge in [-0.15, -0.1) is 0 Å². The Bertz CT molecular complexity index is 981. The average Bonchev–Trinajstić information content (AvgIpc) is 2.67. The van der Waals surface area contributed by atoms with E-state index < -0.39 is 26.8 Å². The molecular weight excluding hydrogens is 400 g/mol. The van der Waals surface area contributed by atoms with Crippen LogP contribution in [0.25, 0.3) is 0 Å². The first-order valence-corrected chi connectivity index (χ1v) is 12.2. The molecule has 2 aromatic rings. The van der Waals surface area contributed by atoms with Crippen molar-refractivity contribution in [3.63, 3.8) is 0 Å². The van der Waals surface area contributed by atoms with Gasteiger partial charge in [-0.1, -0.05) is 36.4 Å². The Kier molecular flexibility index (Phi) is 4.85. The van der Waals surface area contributed by atoms with Gasteiger partial charge < -0.3 is 8.92 Å². The second-order valence-electron chi connectivity index (χ2n) is 9.28. The standard InChI is InChI=1S/C24H26O5S/c25-23(28-20-7-3-1-4-8-20)22(30(26,27)29-21-9-5-2-6-10-21)24-14-17-11-18(15-24)13-19(12-17)16-24/h1-10,17-19,22H,11-16H2. The molecule has 4 fully saturated rings. The highest BCUT2D eigenvalue weighted by molar-refractivity contribution is 7.88. The SMILES string of the molecule is O=C(Oc1ccccc1)C(C12CC3CC(CC(C3)C1)C2)S(=O)(=O)Oc1ccccc1. The fourth-order valence-corrected chi connectivity index (χ4v) is 8.15. The number of benzene rings is 2. The average molecular weight is 427 g/mol. The molecule has 4 aliphatic rings. The highest BCUT2D eigenvalue weighted by Gasteiger charge is 2.61. The van der Waals surface area contributed by atoms with Crippen LogP contribution in [-0.2, 0) is 14.9 Å². The number of carbonyl (C=O) groups excluding carboxylic acids is 1. The first kappa shape index (κ1) is 19.6. The second kappa shape index (κ2) is 7.41. The maximum absolute atomic E-state index is 13.5. The predicted molar refractivity (Wildman–Crippen MR) is 112 cm³/mol. The Morgan fingerprint density at radius 3 is 1.77 bits per heavy atom. The maximum Gasteiger partial charge on any atom is 0.333 e. The summed E-state index contributed by atoms with van der Waals surface area (Å²) >= 11 is 0. The van der Waals surface area contributed by atoms with Crippen LogP contribution in [0.4, 0.5) is 0 Å². The Hall–Kier alpha value is -2.34. The van der Waals surface area contributed by atoms with E-state index in [0.29, 0.717) is 23.5 Å². The normalized spacial score (nSPS) is 30.6. The third-order valence-corrected chi connectivity index (χ3v) is 8.76. The van der Waals surface area contributed by atoms with Crippen molar-refractivity contribution in [1.29, 1.82) is 0 Å². The van der Waals surface area contributed by atoms with Gasteiger partial charge in [0.15, 0.2) is 5.25 Å². The lowest BCUT2D eigenvalue weighted by Gasteiger charge is -2.58. The van der Waals surface area contributed by atoms with E-state index in [1.807, 2.05) is 6.07 Å². The zero-order chi connectivity index (χ0) is 20.8. The monoisotopic (exact) mass is 426 g/mol. The summed E-state index contributed by atoms with van der Waals surface area (Å²) in [4.78, 5) is 13.4. The molecule has 1 atom stereocenters. The van der Waals surface area contributed by atoms with Crippen molar-refractivity contribution in [2.45, 2.75) is 43.8 Å². The van der Waals surface area contributed by atoms with Crippen molar-refractivity contribution in [2.24, 2.45) is 23.2 Å². The van der Waals surface area contributed by atoms with Gasteiger partial charge in [-0.3, -0.25) is 4.79 Å². The van der Waals surface area contributed by atoms with E-state index in [2.05, 4.69) is 0 Å². The van der Waals surface area contributed by atoms with E-state index in [-0.39, 0.29) is 5.75 Å². The molecule has 0 radical (unpaired) electrons. The summed E-state index contributed by atoms with van der Waals surface area (Å²) in [6, 6.07) is 17.1. The zero-order valence-electron chi connectivity index (χ0n) is 16.8. The van der Waals surface area contributed by atoms with Crippen molar-refractivity contribution in [2.75, 3.05) is 0 Å². The predicted octanol–water partition coefficient (Wildman–Crippen LogP) is 4.59. The van der Waals surface area contributed by atoms with Gasteiger partial charge >= 0.3 is 16.1 Å². The molecule has 158 valence electrons. The van der Waals surface area contributed by atoms with Crippen LogP contribution in [0.2, 0.25) is 0 Å². The molecule has 0 aromatic heterocycles. The minimum atomic E-state index is -4.23. The van der Waals surface area contributed by atoms with E-state index >= 15 is 0 Å². The summed E-state index contributed by atoms with van der Waals surface area (Å²) in [7, 11) is -4.23. The summed E-state index contributed by atoms with van der Waals surface area (Å²) in [5.41, 5.74) is -0.603.